The van der Waals surface area contributed by atoms with Gasteiger partial charge in [0.1, 0.15) is 11.4 Å². The molecule has 3 aromatic rings. The normalized spacial score (nSPS) is 11.4. The lowest BCUT2D eigenvalue weighted by Gasteiger charge is -2.21. The van der Waals surface area contributed by atoms with E-state index >= 15 is 0 Å². The van der Waals surface area contributed by atoms with E-state index in [1.54, 1.807) is 10.6 Å². The van der Waals surface area contributed by atoms with Gasteiger partial charge in [0.25, 0.3) is 0 Å². The molecule has 2 aromatic carbocycles. The first kappa shape index (κ1) is 26.2. The van der Waals surface area contributed by atoms with Gasteiger partial charge in [0.05, 0.1) is 25.0 Å². The Morgan fingerprint density at radius 2 is 1.77 bits per heavy atom. The number of imidazole rings is 1. The summed E-state index contributed by atoms with van der Waals surface area (Å²) < 4.78 is 12.5. The molecule has 186 valence electrons. The van der Waals surface area contributed by atoms with Crippen LogP contribution in [0.15, 0.2) is 48.5 Å². The molecule has 7 nitrogen and oxygen atoms in total. The average Bonchev–Trinajstić information content (AvgIpc) is 3.18. The quantitative estimate of drug-likeness (QED) is 0.427. The number of benzene rings is 2. The van der Waals surface area contributed by atoms with Crippen molar-refractivity contribution in [3.05, 3.63) is 76.9 Å². The highest BCUT2D eigenvalue weighted by molar-refractivity contribution is 5.97. The number of esters is 2. The number of aliphatic hydroxyl groups excluding tert-OH is 1. The molecule has 0 saturated carbocycles. The van der Waals surface area contributed by atoms with Crippen molar-refractivity contribution in [2.75, 3.05) is 7.11 Å². The first-order valence-corrected chi connectivity index (χ1v) is 11.9. The predicted molar refractivity (Wildman–Crippen MR) is 134 cm³/mol. The number of ether oxygens (including phenoxy) is 2. The molecule has 0 aliphatic carbocycles. The number of unbranched alkanes of at least 4 members (excludes halogenated alkanes) is 1. The fourth-order valence-corrected chi connectivity index (χ4v) is 3.93. The third-order valence-electron chi connectivity index (χ3n) is 5.53. The lowest BCUT2D eigenvalue weighted by Crippen LogP contribution is -2.24. The number of aromatic nitrogens is 2. The van der Waals surface area contributed by atoms with Crippen molar-refractivity contribution >= 4 is 11.9 Å². The highest BCUT2D eigenvalue weighted by atomic mass is 16.6. The Morgan fingerprint density at radius 1 is 1.06 bits per heavy atom. The third kappa shape index (κ3) is 6.36. The minimum Gasteiger partial charge on any atom is -0.464 e. The van der Waals surface area contributed by atoms with Crippen molar-refractivity contribution in [3.63, 3.8) is 0 Å². The Balaban J connectivity index is 2.11. The largest absolute Gasteiger partial charge is 0.464 e. The van der Waals surface area contributed by atoms with Crippen molar-refractivity contribution < 1.29 is 24.2 Å². The summed E-state index contributed by atoms with van der Waals surface area (Å²) in [7, 11) is 1.31. The number of carbonyl (C=O) groups is 2. The van der Waals surface area contributed by atoms with Crippen molar-refractivity contribution in [1.82, 2.24) is 9.55 Å². The monoisotopic (exact) mass is 478 g/mol. The van der Waals surface area contributed by atoms with Gasteiger partial charge < -0.3 is 19.1 Å². The summed E-state index contributed by atoms with van der Waals surface area (Å²) in [6, 6.07) is 15.3. The number of aryl methyl sites for hydroxylation is 1. The molecule has 0 amide bonds. The van der Waals surface area contributed by atoms with Crippen LogP contribution >= 0.6 is 0 Å². The van der Waals surface area contributed by atoms with Crippen LogP contribution < -0.4 is 0 Å². The molecule has 1 N–H and O–H groups in total. The van der Waals surface area contributed by atoms with Gasteiger partial charge in [-0.3, -0.25) is 0 Å². The number of rotatable bonds is 9. The fraction of sp³-hybridized carbons (Fsp3) is 0.393. The van der Waals surface area contributed by atoms with E-state index in [2.05, 4.69) is 11.9 Å². The Labute approximate surface area is 206 Å². The van der Waals surface area contributed by atoms with Gasteiger partial charge in [-0.15, -0.1) is 0 Å². The lowest BCUT2D eigenvalue weighted by molar-refractivity contribution is 0.00700. The van der Waals surface area contributed by atoms with Crippen LogP contribution in [0.25, 0.3) is 11.1 Å². The van der Waals surface area contributed by atoms with Crippen LogP contribution in [-0.2, 0) is 29.0 Å². The van der Waals surface area contributed by atoms with Crippen LogP contribution in [0.1, 0.15) is 78.5 Å². The van der Waals surface area contributed by atoms with Crippen molar-refractivity contribution in [3.8, 4) is 11.1 Å². The molecule has 0 radical (unpaired) electrons. The molecule has 1 aromatic heterocycles. The number of hydrogen-bond donors (Lipinski definition) is 1. The molecule has 35 heavy (non-hydrogen) atoms. The fourth-order valence-electron chi connectivity index (χ4n) is 3.93. The zero-order valence-electron chi connectivity index (χ0n) is 21.1. The van der Waals surface area contributed by atoms with Gasteiger partial charge >= 0.3 is 11.9 Å². The molecular formula is C28H34N2O5. The Morgan fingerprint density at radius 3 is 2.37 bits per heavy atom. The highest BCUT2D eigenvalue weighted by Crippen LogP contribution is 2.28. The standard InChI is InChI=1S/C28H34N2O5/c1-6-7-13-24-29-23(18-31)25(27(33)34-5)30(24)17-19-14-15-21(20-11-9-8-10-12-20)22(16-19)26(32)35-28(2,3)4/h8-12,14-16,31H,6-7,13,17-18H2,1-5H3. The van der Waals surface area contributed by atoms with E-state index in [0.717, 1.165) is 29.5 Å². The van der Waals surface area contributed by atoms with Gasteiger partial charge in [0.2, 0.25) is 0 Å². The molecular weight excluding hydrogens is 444 g/mol. The maximum atomic E-state index is 13.2. The Kier molecular flexibility index (Phi) is 8.46. The molecule has 3 rings (SSSR count). The first-order valence-electron chi connectivity index (χ1n) is 11.9. The van der Waals surface area contributed by atoms with Crippen LogP contribution in [-0.4, -0.2) is 39.3 Å². The summed E-state index contributed by atoms with van der Waals surface area (Å²) in [5.41, 5.74) is 2.79. The van der Waals surface area contributed by atoms with Crippen LogP contribution in [0, 0.1) is 0 Å². The summed E-state index contributed by atoms with van der Waals surface area (Å²) in [4.78, 5) is 30.3. The van der Waals surface area contributed by atoms with Crippen LogP contribution in [0.2, 0.25) is 0 Å². The first-order chi connectivity index (χ1) is 16.7. The highest BCUT2D eigenvalue weighted by Gasteiger charge is 2.25. The Bertz CT molecular complexity index is 1180. The number of methoxy groups -OCH3 is 1. The van der Waals surface area contributed by atoms with Crippen LogP contribution in [0.4, 0.5) is 0 Å². The molecule has 0 bridgehead atoms. The van der Waals surface area contributed by atoms with Crippen molar-refractivity contribution in [2.45, 2.75) is 65.7 Å². The van der Waals surface area contributed by atoms with Crippen LogP contribution in [0.5, 0.6) is 0 Å². The zero-order chi connectivity index (χ0) is 25.6. The zero-order valence-corrected chi connectivity index (χ0v) is 21.1. The minimum atomic E-state index is -0.646. The van der Waals surface area contributed by atoms with E-state index in [9.17, 15) is 14.7 Å². The SMILES string of the molecule is CCCCc1nc(CO)c(C(=O)OC)n1Cc1ccc(-c2ccccc2)c(C(=O)OC(C)(C)C)c1. The van der Waals surface area contributed by atoms with Crippen LogP contribution in [0.3, 0.4) is 0 Å². The molecule has 1 heterocycles. The summed E-state index contributed by atoms with van der Waals surface area (Å²) in [5, 5.41) is 9.83. The topological polar surface area (TPSA) is 90.6 Å². The number of nitrogens with zero attached hydrogens (tertiary/aromatic N) is 2. The van der Waals surface area contributed by atoms with E-state index in [1.807, 2.05) is 63.2 Å². The summed E-state index contributed by atoms with van der Waals surface area (Å²) in [6.45, 7) is 7.51. The maximum absolute atomic E-state index is 13.2. The van der Waals surface area contributed by atoms with Gasteiger partial charge in [-0.25, -0.2) is 14.6 Å². The molecule has 0 atom stereocenters. The molecule has 0 aliphatic heterocycles. The second kappa shape index (κ2) is 11.3. The second-order valence-corrected chi connectivity index (χ2v) is 9.41. The molecule has 7 heteroatoms. The van der Waals surface area contributed by atoms with Gasteiger partial charge in [0.15, 0.2) is 5.69 Å². The predicted octanol–water partition coefficient (Wildman–Crippen LogP) is 5.18. The van der Waals surface area contributed by atoms with Gasteiger partial charge in [0, 0.05) is 13.0 Å². The summed E-state index contributed by atoms with van der Waals surface area (Å²) in [5.74, 6) is -0.279. The van der Waals surface area contributed by atoms with E-state index in [1.165, 1.54) is 7.11 Å². The van der Waals surface area contributed by atoms with Gasteiger partial charge in [-0.2, -0.15) is 0 Å². The molecule has 0 unspecified atom stereocenters. The van der Waals surface area contributed by atoms with Crippen molar-refractivity contribution in [1.29, 1.82) is 0 Å². The van der Waals surface area contributed by atoms with Crippen molar-refractivity contribution in [2.24, 2.45) is 0 Å². The number of aliphatic hydroxyl groups is 1. The average molecular weight is 479 g/mol. The Hall–Kier alpha value is -3.45. The third-order valence-corrected chi connectivity index (χ3v) is 5.53. The number of hydrogen-bond acceptors (Lipinski definition) is 6. The molecule has 0 fully saturated rings. The van der Waals surface area contributed by atoms with Gasteiger partial charge in [-0.1, -0.05) is 55.8 Å². The second-order valence-electron chi connectivity index (χ2n) is 9.41. The smallest absolute Gasteiger partial charge is 0.356 e. The molecule has 0 spiro atoms. The van der Waals surface area contributed by atoms with E-state index in [4.69, 9.17) is 9.47 Å². The van der Waals surface area contributed by atoms with E-state index < -0.39 is 17.5 Å². The summed E-state index contributed by atoms with van der Waals surface area (Å²) in [6.07, 6.45) is 2.50. The molecule has 0 saturated heterocycles. The summed E-state index contributed by atoms with van der Waals surface area (Å²) >= 11 is 0. The lowest BCUT2D eigenvalue weighted by atomic mass is 9.97. The number of carbonyl (C=O) groups excluding carboxylic acids is 2. The van der Waals surface area contributed by atoms with Gasteiger partial charge in [-0.05, 0) is 49.9 Å². The molecule has 0 aliphatic rings. The minimum absolute atomic E-state index is 0.229. The van der Waals surface area contributed by atoms with E-state index in [0.29, 0.717) is 24.4 Å². The maximum Gasteiger partial charge on any atom is 0.356 e. The van der Waals surface area contributed by atoms with E-state index in [-0.39, 0.29) is 18.0 Å².